The summed E-state index contributed by atoms with van der Waals surface area (Å²) in [5, 5.41) is 2.76. The zero-order valence-corrected chi connectivity index (χ0v) is 11.7. The SMILES string of the molecule is CC1OCCC1CNC(=O)c1c(F)cccc1Br. The van der Waals surface area contributed by atoms with E-state index in [4.69, 9.17) is 4.74 Å². The summed E-state index contributed by atoms with van der Waals surface area (Å²) in [4.78, 5) is 11.9. The second-order valence-electron chi connectivity index (χ2n) is 4.43. The van der Waals surface area contributed by atoms with Gasteiger partial charge in [-0.1, -0.05) is 6.07 Å². The molecule has 0 radical (unpaired) electrons. The van der Waals surface area contributed by atoms with Gasteiger partial charge >= 0.3 is 0 Å². The van der Waals surface area contributed by atoms with Crippen molar-refractivity contribution in [2.75, 3.05) is 13.2 Å². The molecule has 0 spiro atoms. The molecule has 1 aromatic rings. The van der Waals surface area contributed by atoms with Crippen LogP contribution < -0.4 is 5.32 Å². The average Bonchev–Trinajstić information content (AvgIpc) is 2.72. The van der Waals surface area contributed by atoms with E-state index in [-0.39, 0.29) is 17.6 Å². The summed E-state index contributed by atoms with van der Waals surface area (Å²) < 4.78 is 19.4. The molecule has 2 unspecified atom stereocenters. The maximum Gasteiger partial charge on any atom is 0.255 e. The molecule has 3 nitrogen and oxygen atoms in total. The first kappa shape index (κ1) is 13.5. The third-order valence-electron chi connectivity index (χ3n) is 3.25. The summed E-state index contributed by atoms with van der Waals surface area (Å²) in [6.07, 6.45) is 1.08. The van der Waals surface area contributed by atoms with Gasteiger partial charge in [0.1, 0.15) is 5.82 Å². The average molecular weight is 316 g/mol. The van der Waals surface area contributed by atoms with Gasteiger partial charge in [-0.05, 0) is 41.4 Å². The van der Waals surface area contributed by atoms with E-state index in [1.165, 1.54) is 6.07 Å². The molecule has 2 rings (SSSR count). The molecule has 1 fully saturated rings. The third-order valence-corrected chi connectivity index (χ3v) is 3.91. The first-order chi connectivity index (χ1) is 8.59. The lowest BCUT2D eigenvalue weighted by Crippen LogP contribution is -2.32. The van der Waals surface area contributed by atoms with Gasteiger partial charge in [0.25, 0.3) is 5.91 Å². The summed E-state index contributed by atoms with van der Waals surface area (Å²) in [7, 11) is 0. The molecule has 1 heterocycles. The lowest BCUT2D eigenvalue weighted by atomic mass is 10.0. The molecule has 0 saturated carbocycles. The van der Waals surface area contributed by atoms with Gasteiger partial charge in [0.05, 0.1) is 11.7 Å². The van der Waals surface area contributed by atoms with Crippen LogP contribution in [0.1, 0.15) is 23.7 Å². The number of nitrogens with one attached hydrogen (secondary N) is 1. The molecular weight excluding hydrogens is 301 g/mol. The van der Waals surface area contributed by atoms with Gasteiger partial charge in [-0.15, -0.1) is 0 Å². The lowest BCUT2D eigenvalue weighted by molar-refractivity contribution is 0.0903. The highest BCUT2D eigenvalue weighted by Gasteiger charge is 2.25. The number of benzene rings is 1. The van der Waals surface area contributed by atoms with Crippen molar-refractivity contribution >= 4 is 21.8 Å². The van der Waals surface area contributed by atoms with E-state index in [1.807, 2.05) is 6.92 Å². The van der Waals surface area contributed by atoms with Crippen molar-refractivity contribution in [2.24, 2.45) is 5.92 Å². The number of rotatable bonds is 3. The first-order valence-electron chi connectivity index (χ1n) is 5.93. The lowest BCUT2D eigenvalue weighted by Gasteiger charge is -2.15. The normalized spacial score (nSPS) is 23.1. The van der Waals surface area contributed by atoms with Crippen LogP contribution in [0.2, 0.25) is 0 Å². The summed E-state index contributed by atoms with van der Waals surface area (Å²) in [5.74, 6) is -0.601. The van der Waals surface area contributed by atoms with Gasteiger partial charge in [-0.25, -0.2) is 4.39 Å². The number of carbonyl (C=O) groups is 1. The Balaban J connectivity index is 1.99. The molecule has 2 atom stereocenters. The topological polar surface area (TPSA) is 38.3 Å². The Hall–Kier alpha value is -0.940. The molecule has 18 heavy (non-hydrogen) atoms. The molecule has 1 N–H and O–H groups in total. The van der Waals surface area contributed by atoms with E-state index in [0.29, 0.717) is 16.9 Å². The quantitative estimate of drug-likeness (QED) is 0.931. The fourth-order valence-electron chi connectivity index (χ4n) is 2.07. The van der Waals surface area contributed by atoms with Gasteiger partial charge in [0.2, 0.25) is 0 Å². The van der Waals surface area contributed by atoms with Crippen LogP contribution in [-0.4, -0.2) is 25.2 Å². The van der Waals surface area contributed by atoms with E-state index in [0.717, 1.165) is 13.0 Å². The number of carbonyl (C=O) groups excluding carboxylic acids is 1. The largest absolute Gasteiger partial charge is 0.378 e. The van der Waals surface area contributed by atoms with Crippen LogP contribution in [0.15, 0.2) is 22.7 Å². The predicted octanol–water partition coefficient (Wildman–Crippen LogP) is 2.74. The van der Waals surface area contributed by atoms with Crippen molar-refractivity contribution in [3.8, 4) is 0 Å². The Morgan fingerprint density at radius 1 is 1.61 bits per heavy atom. The standard InChI is InChI=1S/C13H15BrFNO2/c1-8-9(5-6-18-8)7-16-13(17)12-10(14)3-2-4-11(12)15/h2-4,8-9H,5-7H2,1H3,(H,16,17). The predicted molar refractivity (Wildman–Crippen MR) is 70.0 cm³/mol. The van der Waals surface area contributed by atoms with Crippen LogP contribution in [-0.2, 0) is 4.74 Å². The van der Waals surface area contributed by atoms with Gasteiger partial charge in [0, 0.05) is 23.5 Å². The Morgan fingerprint density at radius 3 is 3.00 bits per heavy atom. The molecule has 1 saturated heterocycles. The highest BCUT2D eigenvalue weighted by atomic mass is 79.9. The Bertz CT molecular complexity index is 432. The molecule has 1 aliphatic rings. The fraction of sp³-hybridized carbons (Fsp3) is 0.462. The van der Waals surface area contributed by atoms with E-state index < -0.39 is 5.82 Å². The number of halogens is 2. The van der Waals surface area contributed by atoms with Crippen molar-refractivity contribution in [1.82, 2.24) is 5.32 Å². The van der Waals surface area contributed by atoms with E-state index in [2.05, 4.69) is 21.2 Å². The monoisotopic (exact) mass is 315 g/mol. The number of ether oxygens (including phenoxy) is 1. The fourth-order valence-corrected chi connectivity index (χ4v) is 2.59. The van der Waals surface area contributed by atoms with Crippen LogP contribution in [0.3, 0.4) is 0 Å². The number of hydrogen-bond acceptors (Lipinski definition) is 2. The number of hydrogen-bond donors (Lipinski definition) is 1. The smallest absolute Gasteiger partial charge is 0.255 e. The van der Waals surface area contributed by atoms with E-state index in [9.17, 15) is 9.18 Å². The van der Waals surface area contributed by atoms with Crippen molar-refractivity contribution in [1.29, 1.82) is 0 Å². The maximum atomic E-state index is 13.6. The van der Waals surface area contributed by atoms with Crippen molar-refractivity contribution in [3.05, 3.63) is 34.1 Å². The van der Waals surface area contributed by atoms with Crippen molar-refractivity contribution in [3.63, 3.8) is 0 Å². The van der Waals surface area contributed by atoms with Gasteiger partial charge in [-0.3, -0.25) is 4.79 Å². The Labute approximate surface area is 114 Å². The molecular formula is C13H15BrFNO2. The second kappa shape index (κ2) is 5.80. The summed E-state index contributed by atoms with van der Waals surface area (Å²) in [6.45, 7) is 3.23. The molecule has 1 aliphatic heterocycles. The maximum absolute atomic E-state index is 13.6. The molecule has 98 valence electrons. The molecule has 0 aromatic heterocycles. The van der Waals surface area contributed by atoms with Gasteiger partial charge in [0.15, 0.2) is 0 Å². The Morgan fingerprint density at radius 2 is 2.39 bits per heavy atom. The Kier molecular flexibility index (Phi) is 4.35. The summed E-state index contributed by atoms with van der Waals surface area (Å²) >= 11 is 3.19. The van der Waals surface area contributed by atoms with Crippen LogP contribution in [0, 0.1) is 11.7 Å². The molecule has 0 aliphatic carbocycles. The molecule has 5 heteroatoms. The third kappa shape index (κ3) is 2.90. The van der Waals surface area contributed by atoms with Crippen molar-refractivity contribution < 1.29 is 13.9 Å². The van der Waals surface area contributed by atoms with Gasteiger partial charge < -0.3 is 10.1 Å². The van der Waals surface area contributed by atoms with Crippen LogP contribution in [0.5, 0.6) is 0 Å². The summed E-state index contributed by atoms with van der Waals surface area (Å²) in [5.41, 5.74) is 0.0593. The number of amides is 1. The first-order valence-corrected chi connectivity index (χ1v) is 6.72. The molecule has 1 amide bonds. The van der Waals surface area contributed by atoms with E-state index >= 15 is 0 Å². The minimum atomic E-state index is -0.516. The zero-order valence-electron chi connectivity index (χ0n) is 10.1. The van der Waals surface area contributed by atoms with Crippen LogP contribution in [0.25, 0.3) is 0 Å². The summed E-state index contributed by atoms with van der Waals surface area (Å²) in [6, 6.07) is 4.49. The second-order valence-corrected chi connectivity index (χ2v) is 5.29. The highest BCUT2D eigenvalue weighted by Crippen LogP contribution is 2.21. The van der Waals surface area contributed by atoms with Gasteiger partial charge in [-0.2, -0.15) is 0 Å². The molecule has 0 bridgehead atoms. The van der Waals surface area contributed by atoms with Crippen LogP contribution in [0.4, 0.5) is 4.39 Å². The van der Waals surface area contributed by atoms with Crippen LogP contribution >= 0.6 is 15.9 Å². The minimum Gasteiger partial charge on any atom is -0.378 e. The van der Waals surface area contributed by atoms with Crippen molar-refractivity contribution in [2.45, 2.75) is 19.4 Å². The minimum absolute atomic E-state index is 0.0593. The molecule has 1 aromatic carbocycles. The highest BCUT2D eigenvalue weighted by molar-refractivity contribution is 9.10. The zero-order chi connectivity index (χ0) is 13.1. The van der Waals surface area contributed by atoms with E-state index in [1.54, 1.807) is 12.1 Å².